The summed E-state index contributed by atoms with van der Waals surface area (Å²) >= 11 is 0. The zero-order valence-corrected chi connectivity index (χ0v) is 9.91. The van der Waals surface area contributed by atoms with Gasteiger partial charge in [-0.15, -0.1) is 0 Å². The Bertz CT molecular complexity index is 183. The second-order valence-electron chi connectivity index (χ2n) is 4.66. The summed E-state index contributed by atoms with van der Waals surface area (Å²) in [5, 5.41) is 9.88. The highest BCUT2D eigenvalue weighted by Crippen LogP contribution is 2.15. The first-order valence-electron chi connectivity index (χ1n) is 5.84. The van der Waals surface area contributed by atoms with Crippen molar-refractivity contribution >= 4 is 0 Å². The van der Waals surface area contributed by atoms with Crippen LogP contribution < -0.4 is 5.73 Å². The van der Waals surface area contributed by atoms with Crippen molar-refractivity contribution in [1.29, 1.82) is 0 Å². The molecule has 2 atom stereocenters. The number of likely N-dealkylation sites (tertiary alicyclic amines) is 1. The number of piperidine rings is 1. The Morgan fingerprint density at radius 3 is 2.93 bits per heavy atom. The molecular formula is C11H24N2O2. The van der Waals surface area contributed by atoms with Gasteiger partial charge in [0.15, 0.2) is 0 Å². The third-order valence-corrected chi connectivity index (χ3v) is 2.87. The van der Waals surface area contributed by atoms with E-state index >= 15 is 0 Å². The molecule has 1 aliphatic rings. The Labute approximate surface area is 92.4 Å². The maximum Gasteiger partial charge on any atom is 0.0867 e. The molecule has 1 rings (SSSR count). The van der Waals surface area contributed by atoms with E-state index < -0.39 is 5.60 Å². The molecule has 3 N–H and O–H groups in total. The summed E-state index contributed by atoms with van der Waals surface area (Å²) in [6.07, 6.45) is 2.61. The van der Waals surface area contributed by atoms with Crippen LogP contribution in [0.1, 0.15) is 26.7 Å². The van der Waals surface area contributed by atoms with Crippen LogP contribution in [0.2, 0.25) is 0 Å². The van der Waals surface area contributed by atoms with Crippen LogP contribution in [0.5, 0.6) is 0 Å². The standard InChI is InChI=1S/C11H24N2O2/c1-3-15-10-5-4-6-13(7-10)9-11(2,14)8-12/h10,14H,3-9,12H2,1-2H3. The van der Waals surface area contributed by atoms with E-state index in [-0.39, 0.29) is 0 Å². The number of hydrogen-bond acceptors (Lipinski definition) is 4. The Morgan fingerprint density at radius 1 is 1.60 bits per heavy atom. The Hall–Kier alpha value is -0.160. The van der Waals surface area contributed by atoms with Gasteiger partial charge < -0.3 is 15.6 Å². The van der Waals surface area contributed by atoms with Crippen molar-refractivity contribution in [2.75, 3.05) is 32.8 Å². The molecule has 1 aliphatic heterocycles. The minimum absolute atomic E-state index is 0.308. The number of aliphatic hydroxyl groups is 1. The van der Waals surface area contributed by atoms with E-state index in [0.29, 0.717) is 19.2 Å². The van der Waals surface area contributed by atoms with E-state index in [2.05, 4.69) is 4.90 Å². The molecule has 4 nitrogen and oxygen atoms in total. The number of hydrogen-bond donors (Lipinski definition) is 2. The van der Waals surface area contributed by atoms with Crippen molar-refractivity contribution in [3.8, 4) is 0 Å². The van der Waals surface area contributed by atoms with Crippen LogP contribution in [-0.2, 0) is 4.74 Å². The van der Waals surface area contributed by atoms with Gasteiger partial charge in [-0.25, -0.2) is 0 Å². The van der Waals surface area contributed by atoms with Gasteiger partial charge >= 0.3 is 0 Å². The molecule has 0 spiro atoms. The van der Waals surface area contributed by atoms with Crippen LogP contribution in [0.25, 0.3) is 0 Å². The lowest BCUT2D eigenvalue weighted by molar-refractivity contribution is -0.0281. The first kappa shape index (κ1) is 12.9. The molecule has 1 saturated heterocycles. The molecule has 2 unspecified atom stereocenters. The fraction of sp³-hybridized carbons (Fsp3) is 1.00. The highest BCUT2D eigenvalue weighted by molar-refractivity contribution is 4.82. The fourth-order valence-electron chi connectivity index (χ4n) is 2.07. The second kappa shape index (κ2) is 5.80. The zero-order valence-electron chi connectivity index (χ0n) is 9.91. The minimum Gasteiger partial charge on any atom is -0.388 e. The molecule has 0 bridgehead atoms. The van der Waals surface area contributed by atoms with Gasteiger partial charge in [0.2, 0.25) is 0 Å². The lowest BCUT2D eigenvalue weighted by atomic mass is 10.0. The summed E-state index contributed by atoms with van der Waals surface area (Å²) in [7, 11) is 0. The van der Waals surface area contributed by atoms with E-state index in [0.717, 1.165) is 32.5 Å². The summed E-state index contributed by atoms with van der Waals surface area (Å²) in [5.74, 6) is 0. The van der Waals surface area contributed by atoms with Crippen molar-refractivity contribution in [2.45, 2.75) is 38.4 Å². The summed E-state index contributed by atoms with van der Waals surface area (Å²) in [4.78, 5) is 2.25. The van der Waals surface area contributed by atoms with Crippen LogP contribution >= 0.6 is 0 Å². The molecular weight excluding hydrogens is 192 g/mol. The monoisotopic (exact) mass is 216 g/mol. The van der Waals surface area contributed by atoms with Gasteiger partial charge in [0.1, 0.15) is 0 Å². The molecule has 15 heavy (non-hydrogen) atoms. The summed E-state index contributed by atoms with van der Waals surface area (Å²) in [5.41, 5.74) is 4.74. The Kier molecular flexibility index (Phi) is 4.99. The highest BCUT2D eigenvalue weighted by Gasteiger charge is 2.26. The third kappa shape index (κ3) is 4.47. The quantitative estimate of drug-likeness (QED) is 0.689. The first-order chi connectivity index (χ1) is 7.07. The SMILES string of the molecule is CCOC1CCCN(CC(C)(O)CN)C1. The molecule has 1 fully saturated rings. The molecule has 1 heterocycles. The van der Waals surface area contributed by atoms with Gasteiger partial charge in [-0.3, -0.25) is 4.90 Å². The lowest BCUT2D eigenvalue weighted by Gasteiger charge is -2.36. The second-order valence-corrected chi connectivity index (χ2v) is 4.66. The smallest absolute Gasteiger partial charge is 0.0867 e. The number of ether oxygens (including phenoxy) is 1. The van der Waals surface area contributed by atoms with Crippen molar-refractivity contribution in [3.63, 3.8) is 0 Å². The number of nitrogens with two attached hydrogens (primary N) is 1. The van der Waals surface area contributed by atoms with Crippen LogP contribution in [-0.4, -0.2) is 54.5 Å². The van der Waals surface area contributed by atoms with E-state index in [1.54, 1.807) is 6.92 Å². The molecule has 0 aliphatic carbocycles. The average molecular weight is 216 g/mol. The molecule has 0 amide bonds. The first-order valence-corrected chi connectivity index (χ1v) is 5.84. The third-order valence-electron chi connectivity index (χ3n) is 2.87. The van der Waals surface area contributed by atoms with Crippen molar-refractivity contribution < 1.29 is 9.84 Å². The number of β-amino-alcohol motifs (C(OH)–C–C–N with tert-alkyl or cyclic N) is 1. The summed E-state index contributed by atoms with van der Waals surface area (Å²) in [6, 6.07) is 0. The maximum absolute atomic E-state index is 9.88. The van der Waals surface area contributed by atoms with Crippen molar-refractivity contribution in [2.24, 2.45) is 5.73 Å². The summed E-state index contributed by atoms with van der Waals surface area (Å²) < 4.78 is 5.61. The molecule has 90 valence electrons. The average Bonchev–Trinajstić information content (AvgIpc) is 2.18. The van der Waals surface area contributed by atoms with Gasteiger partial charge in [0.25, 0.3) is 0 Å². The van der Waals surface area contributed by atoms with E-state index in [1.165, 1.54) is 0 Å². The predicted octanol–water partition coefficient (Wildman–Crippen LogP) is 0.197. The van der Waals surface area contributed by atoms with Crippen LogP contribution in [0.15, 0.2) is 0 Å². The molecule has 0 aromatic heterocycles. The van der Waals surface area contributed by atoms with Crippen LogP contribution in [0, 0.1) is 0 Å². The van der Waals surface area contributed by atoms with E-state index in [1.807, 2.05) is 6.92 Å². The maximum atomic E-state index is 9.88. The van der Waals surface area contributed by atoms with Crippen molar-refractivity contribution in [3.05, 3.63) is 0 Å². The molecule has 0 saturated carbocycles. The van der Waals surface area contributed by atoms with Gasteiger partial charge in [-0.1, -0.05) is 0 Å². The zero-order chi connectivity index (χ0) is 11.3. The van der Waals surface area contributed by atoms with Gasteiger partial charge in [-0.05, 0) is 33.2 Å². The van der Waals surface area contributed by atoms with Crippen LogP contribution in [0.3, 0.4) is 0 Å². The van der Waals surface area contributed by atoms with Crippen LogP contribution in [0.4, 0.5) is 0 Å². The number of rotatable bonds is 5. The lowest BCUT2D eigenvalue weighted by Crippen LogP contribution is -2.50. The molecule has 0 aromatic rings. The van der Waals surface area contributed by atoms with Crippen molar-refractivity contribution in [1.82, 2.24) is 4.90 Å². The minimum atomic E-state index is -0.770. The fourth-order valence-corrected chi connectivity index (χ4v) is 2.07. The molecule has 0 radical (unpaired) electrons. The predicted molar refractivity (Wildman–Crippen MR) is 60.8 cm³/mol. The van der Waals surface area contributed by atoms with Gasteiger partial charge in [0.05, 0.1) is 11.7 Å². The summed E-state index contributed by atoms with van der Waals surface area (Å²) in [6.45, 7) is 7.50. The van der Waals surface area contributed by atoms with E-state index in [9.17, 15) is 5.11 Å². The topological polar surface area (TPSA) is 58.7 Å². The van der Waals surface area contributed by atoms with Gasteiger partial charge in [0, 0.05) is 26.2 Å². The number of nitrogens with zero attached hydrogens (tertiary/aromatic N) is 1. The Morgan fingerprint density at radius 2 is 2.33 bits per heavy atom. The largest absolute Gasteiger partial charge is 0.388 e. The van der Waals surface area contributed by atoms with E-state index in [4.69, 9.17) is 10.5 Å². The molecule has 0 aromatic carbocycles. The normalized spacial score (nSPS) is 27.6. The van der Waals surface area contributed by atoms with Gasteiger partial charge in [-0.2, -0.15) is 0 Å². The Balaban J connectivity index is 2.36. The highest BCUT2D eigenvalue weighted by atomic mass is 16.5. The molecule has 4 heteroatoms.